The van der Waals surface area contributed by atoms with E-state index in [0.717, 1.165) is 48.5 Å². The maximum Gasteiger partial charge on any atom is 0.303 e. The van der Waals surface area contributed by atoms with E-state index in [9.17, 15) is 33.6 Å². The van der Waals surface area contributed by atoms with Crippen LogP contribution in [0.1, 0.15) is 54.0 Å². The molecule has 0 amide bonds. The van der Waals surface area contributed by atoms with Crippen LogP contribution >= 0.6 is 0 Å². The number of carbonyl (C=O) groups excluding carboxylic acids is 7. The minimum absolute atomic E-state index is 0.0540. The van der Waals surface area contributed by atoms with Gasteiger partial charge in [0.2, 0.25) is 0 Å². The SMILES string of the molecule is CC(=O)OC[C@H]1O[C@@H](O[C@H]2[C@H](OC(C)=O)[C@@H](OC(C)=O)[C@H](OCc3ccccc3)O[C@@H]2COC(C)=O)[C@H](OC(C)=O)[C@@H](OC(C)=O)[C@H]1OC(C)=O. The lowest BCUT2D eigenvalue weighted by atomic mass is 9.96. The van der Waals surface area contributed by atoms with E-state index in [4.69, 9.17) is 52.1 Å². The molecule has 18 heteroatoms. The monoisotopic (exact) mass is 726 g/mol. The largest absolute Gasteiger partial charge is 0.463 e. The Morgan fingerprint density at radius 2 is 0.882 bits per heavy atom. The molecular formula is C33H42O18. The van der Waals surface area contributed by atoms with Crippen molar-refractivity contribution in [2.75, 3.05) is 13.2 Å². The summed E-state index contributed by atoms with van der Waals surface area (Å²) < 4.78 is 62.4. The number of benzene rings is 1. The molecule has 2 heterocycles. The van der Waals surface area contributed by atoms with Gasteiger partial charge in [-0.1, -0.05) is 30.3 Å². The first-order valence-electron chi connectivity index (χ1n) is 15.8. The molecule has 0 saturated carbocycles. The van der Waals surface area contributed by atoms with Crippen molar-refractivity contribution in [1.82, 2.24) is 0 Å². The molecule has 18 nitrogen and oxygen atoms in total. The van der Waals surface area contributed by atoms with Crippen molar-refractivity contribution in [2.45, 2.75) is 116 Å². The van der Waals surface area contributed by atoms with Gasteiger partial charge in [-0.05, 0) is 5.56 Å². The van der Waals surface area contributed by atoms with E-state index in [1.807, 2.05) is 0 Å². The van der Waals surface area contributed by atoms with Crippen LogP contribution in [0.4, 0.5) is 0 Å². The Balaban J connectivity index is 2.13. The van der Waals surface area contributed by atoms with Crippen molar-refractivity contribution >= 4 is 41.8 Å². The van der Waals surface area contributed by atoms with Crippen molar-refractivity contribution in [3.05, 3.63) is 35.9 Å². The minimum atomic E-state index is -1.78. The maximum absolute atomic E-state index is 12.5. The summed E-state index contributed by atoms with van der Waals surface area (Å²) in [7, 11) is 0. The van der Waals surface area contributed by atoms with E-state index in [0.29, 0.717) is 5.56 Å². The molecule has 0 N–H and O–H groups in total. The molecule has 0 unspecified atom stereocenters. The Bertz CT molecular complexity index is 1400. The zero-order chi connectivity index (χ0) is 37.8. The third-order valence-electron chi connectivity index (χ3n) is 7.14. The lowest BCUT2D eigenvalue weighted by molar-refractivity contribution is -0.362. The standard InChI is InChI=1S/C33H42O18/c1-16(34)41-14-24-26(44-18(3)36)28(45-19(4)37)31(48-22(7)40)33(50-24)51-27-25(15-42-17(2)35)49-32(43-13-23-11-9-8-10-12-23)30(47-21(6)39)29(27)46-20(5)38/h8-12,24-33H,13-15H2,1-7H3/t24-,25-,26+,27-,28+,29+,30-,31-,32-,33+/m1/s1. The Kier molecular flexibility index (Phi) is 15.3. The van der Waals surface area contributed by atoms with Crippen LogP contribution in [0.25, 0.3) is 0 Å². The van der Waals surface area contributed by atoms with Gasteiger partial charge >= 0.3 is 41.8 Å². The number of hydrogen-bond acceptors (Lipinski definition) is 18. The Hall–Kier alpha value is -4.65. The van der Waals surface area contributed by atoms with E-state index in [1.165, 1.54) is 0 Å². The molecule has 3 rings (SSSR count). The normalized spacial score (nSPS) is 28.7. The molecule has 51 heavy (non-hydrogen) atoms. The summed E-state index contributed by atoms with van der Waals surface area (Å²) in [4.78, 5) is 85.4. The second-order valence-corrected chi connectivity index (χ2v) is 11.5. The van der Waals surface area contributed by atoms with Crippen LogP contribution < -0.4 is 0 Å². The smallest absolute Gasteiger partial charge is 0.303 e. The molecule has 0 radical (unpaired) electrons. The van der Waals surface area contributed by atoms with Crippen molar-refractivity contribution < 1.29 is 85.7 Å². The highest BCUT2D eigenvalue weighted by atomic mass is 16.8. The first-order valence-corrected chi connectivity index (χ1v) is 15.8. The highest BCUT2D eigenvalue weighted by Gasteiger charge is 2.57. The van der Waals surface area contributed by atoms with Gasteiger partial charge in [0, 0.05) is 48.5 Å². The van der Waals surface area contributed by atoms with E-state index >= 15 is 0 Å². The van der Waals surface area contributed by atoms with Gasteiger partial charge < -0.3 is 52.1 Å². The summed E-state index contributed by atoms with van der Waals surface area (Å²) in [5, 5.41) is 0. The first kappa shape index (κ1) is 40.8. The number of carbonyl (C=O) groups is 7. The zero-order valence-corrected chi connectivity index (χ0v) is 29.1. The van der Waals surface area contributed by atoms with Crippen LogP contribution in [-0.2, 0) is 92.3 Å². The van der Waals surface area contributed by atoms with Crippen LogP contribution in [0, 0.1) is 0 Å². The van der Waals surface area contributed by atoms with E-state index in [1.54, 1.807) is 30.3 Å². The third-order valence-corrected chi connectivity index (χ3v) is 7.14. The summed E-state index contributed by atoms with van der Waals surface area (Å²) in [6.45, 7) is 6.41. The van der Waals surface area contributed by atoms with Crippen LogP contribution in [0.2, 0.25) is 0 Å². The van der Waals surface area contributed by atoms with Gasteiger partial charge in [-0.3, -0.25) is 33.6 Å². The highest BCUT2D eigenvalue weighted by Crippen LogP contribution is 2.35. The number of ether oxygens (including phenoxy) is 11. The van der Waals surface area contributed by atoms with Gasteiger partial charge in [-0.2, -0.15) is 0 Å². The molecule has 2 aliphatic heterocycles. The quantitative estimate of drug-likeness (QED) is 0.191. The molecular weight excluding hydrogens is 684 g/mol. The summed E-state index contributed by atoms with van der Waals surface area (Å²) in [5.41, 5.74) is 0.708. The van der Waals surface area contributed by atoms with E-state index in [2.05, 4.69) is 0 Å². The van der Waals surface area contributed by atoms with Gasteiger partial charge in [0.05, 0.1) is 6.61 Å². The Morgan fingerprint density at radius 3 is 1.35 bits per heavy atom. The van der Waals surface area contributed by atoms with Crippen LogP contribution in [-0.4, -0.2) is 116 Å². The lowest BCUT2D eigenvalue weighted by Crippen LogP contribution is -2.67. The molecule has 282 valence electrons. The molecule has 1 aromatic rings. The first-order chi connectivity index (χ1) is 24.0. The molecule has 0 aliphatic carbocycles. The second-order valence-electron chi connectivity index (χ2n) is 11.5. The molecule has 10 atom stereocenters. The van der Waals surface area contributed by atoms with Crippen molar-refractivity contribution in [3.8, 4) is 0 Å². The van der Waals surface area contributed by atoms with Crippen LogP contribution in [0.5, 0.6) is 0 Å². The fourth-order valence-corrected chi connectivity index (χ4v) is 5.36. The van der Waals surface area contributed by atoms with Gasteiger partial charge in [0.25, 0.3) is 0 Å². The Morgan fingerprint density at radius 1 is 0.490 bits per heavy atom. The molecule has 2 fully saturated rings. The predicted octanol–water partition coefficient (Wildman–Crippen LogP) is 0.823. The average molecular weight is 727 g/mol. The fraction of sp³-hybridized carbons (Fsp3) is 0.606. The third kappa shape index (κ3) is 12.6. The highest BCUT2D eigenvalue weighted by molar-refractivity contribution is 5.69. The molecule has 1 aromatic carbocycles. The number of rotatable bonds is 14. The zero-order valence-electron chi connectivity index (χ0n) is 29.1. The molecule has 0 aromatic heterocycles. The van der Waals surface area contributed by atoms with Gasteiger partial charge in [0.15, 0.2) is 43.1 Å². The average Bonchev–Trinajstić information content (AvgIpc) is 3.02. The van der Waals surface area contributed by atoms with E-state index in [-0.39, 0.29) is 6.61 Å². The van der Waals surface area contributed by atoms with Crippen LogP contribution in [0.3, 0.4) is 0 Å². The molecule has 2 aliphatic rings. The summed E-state index contributed by atoms with van der Waals surface area (Å²) in [6.07, 6.45) is -15.4. The maximum atomic E-state index is 12.5. The minimum Gasteiger partial charge on any atom is -0.463 e. The predicted molar refractivity (Wildman–Crippen MR) is 164 cm³/mol. The van der Waals surface area contributed by atoms with E-state index < -0.39 is 116 Å². The fourth-order valence-electron chi connectivity index (χ4n) is 5.36. The number of hydrogen-bond donors (Lipinski definition) is 0. The Labute approximate surface area is 293 Å². The van der Waals surface area contributed by atoms with Crippen molar-refractivity contribution in [3.63, 3.8) is 0 Å². The molecule has 0 spiro atoms. The summed E-state index contributed by atoms with van der Waals surface area (Å²) in [6, 6.07) is 8.86. The summed E-state index contributed by atoms with van der Waals surface area (Å²) >= 11 is 0. The molecule has 0 bridgehead atoms. The second kappa shape index (κ2) is 19.1. The summed E-state index contributed by atoms with van der Waals surface area (Å²) in [5.74, 6) is -5.79. The van der Waals surface area contributed by atoms with Crippen molar-refractivity contribution in [1.29, 1.82) is 0 Å². The van der Waals surface area contributed by atoms with Crippen LogP contribution in [0.15, 0.2) is 30.3 Å². The van der Waals surface area contributed by atoms with Crippen molar-refractivity contribution in [2.24, 2.45) is 0 Å². The van der Waals surface area contributed by atoms with Gasteiger partial charge in [0.1, 0.15) is 31.5 Å². The topological polar surface area (TPSA) is 221 Å². The van der Waals surface area contributed by atoms with Gasteiger partial charge in [-0.15, -0.1) is 0 Å². The van der Waals surface area contributed by atoms with Gasteiger partial charge in [-0.25, -0.2) is 0 Å². The number of esters is 7. The lowest BCUT2D eigenvalue weighted by Gasteiger charge is -2.48. The molecule has 2 saturated heterocycles.